The molecular weight excluding hydrogens is 338 g/mol. The Labute approximate surface area is 153 Å². The standard InChI is InChI=1S/C19H27NO6/c1-12-8-9-25-19(12,16(22)23)15(21)14-7-5-6-13(10-14)11-20-17(24)26-18(2,3)4/h5-7,10,12,15,21H,8-9,11H2,1-4H3,(H,20,24)(H,22,23). The SMILES string of the molecule is CC1CCOC1(C(=O)O)C(O)c1cccc(CNC(=O)OC(C)(C)C)c1. The highest BCUT2D eigenvalue weighted by atomic mass is 16.6. The Kier molecular flexibility index (Phi) is 5.93. The van der Waals surface area contributed by atoms with Crippen molar-refractivity contribution in [1.29, 1.82) is 0 Å². The molecule has 2 rings (SSSR count). The molecule has 1 aromatic rings. The van der Waals surface area contributed by atoms with Crippen molar-refractivity contribution >= 4 is 12.1 Å². The Morgan fingerprint density at radius 2 is 2.12 bits per heavy atom. The van der Waals surface area contributed by atoms with Gasteiger partial charge in [-0.2, -0.15) is 0 Å². The van der Waals surface area contributed by atoms with E-state index in [-0.39, 0.29) is 12.5 Å². The fourth-order valence-corrected chi connectivity index (χ4v) is 3.11. The maximum atomic E-state index is 11.8. The highest BCUT2D eigenvalue weighted by molar-refractivity contribution is 5.79. The van der Waals surface area contributed by atoms with Crippen LogP contribution in [0.5, 0.6) is 0 Å². The number of carboxylic acids is 1. The van der Waals surface area contributed by atoms with Crippen molar-refractivity contribution in [3.63, 3.8) is 0 Å². The number of benzene rings is 1. The summed E-state index contributed by atoms with van der Waals surface area (Å²) in [6, 6.07) is 6.81. The van der Waals surface area contributed by atoms with Crippen LogP contribution in [-0.4, -0.2) is 40.1 Å². The van der Waals surface area contributed by atoms with E-state index < -0.39 is 29.4 Å². The third-order valence-electron chi connectivity index (χ3n) is 4.47. The summed E-state index contributed by atoms with van der Waals surface area (Å²) in [5.41, 5.74) is -1.09. The number of hydrogen-bond donors (Lipinski definition) is 3. The van der Waals surface area contributed by atoms with Crippen LogP contribution in [-0.2, 0) is 20.8 Å². The highest BCUT2D eigenvalue weighted by Crippen LogP contribution is 2.42. The molecule has 3 atom stereocenters. The number of aliphatic hydroxyl groups is 1. The van der Waals surface area contributed by atoms with Gasteiger partial charge in [-0.25, -0.2) is 9.59 Å². The van der Waals surface area contributed by atoms with Crippen LogP contribution in [0.25, 0.3) is 0 Å². The normalized spacial score (nSPS) is 24.1. The first kappa shape index (κ1) is 20.2. The summed E-state index contributed by atoms with van der Waals surface area (Å²) in [5.74, 6) is -1.49. The van der Waals surface area contributed by atoms with E-state index in [0.29, 0.717) is 18.6 Å². The molecule has 0 bridgehead atoms. The Bertz CT molecular complexity index is 668. The van der Waals surface area contributed by atoms with Gasteiger partial charge in [0, 0.05) is 19.1 Å². The van der Waals surface area contributed by atoms with Crippen LogP contribution >= 0.6 is 0 Å². The van der Waals surface area contributed by atoms with Crippen molar-refractivity contribution in [2.45, 2.75) is 58.0 Å². The van der Waals surface area contributed by atoms with Gasteiger partial charge in [-0.05, 0) is 38.3 Å². The second kappa shape index (κ2) is 7.63. The highest BCUT2D eigenvalue weighted by Gasteiger charge is 2.54. The average Bonchev–Trinajstić information content (AvgIpc) is 2.93. The molecule has 1 aliphatic heterocycles. The number of amides is 1. The zero-order valence-electron chi connectivity index (χ0n) is 15.6. The van der Waals surface area contributed by atoms with Crippen LogP contribution in [0.2, 0.25) is 0 Å². The van der Waals surface area contributed by atoms with E-state index >= 15 is 0 Å². The van der Waals surface area contributed by atoms with Gasteiger partial charge in [0.1, 0.15) is 11.7 Å². The Morgan fingerprint density at radius 3 is 2.65 bits per heavy atom. The predicted molar refractivity (Wildman–Crippen MR) is 94.6 cm³/mol. The van der Waals surface area contributed by atoms with Gasteiger partial charge in [0.25, 0.3) is 0 Å². The molecule has 1 aliphatic rings. The monoisotopic (exact) mass is 365 g/mol. The van der Waals surface area contributed by atoms with Gasteiger partial charge in [0.15, 0.2) is 5.60 Å². The first-order chi connectivity index (χ1) is 12.1. The maximum absolute atomic E-state index is 11.8. The fourth-order valence-electron chi connectivity index (χ4n) is 3.11. The van der Waals surface area contributed by atoms with Crippen molar-refractivity contribution in [3.05, 3.63) is 35.4 Å². The van der Waals surface area contributed by atoms with Crippen molar-refractivity contribution in [2.75, 3.05) is 6.61 Å². The predicted octanol–water partition coefficient (Wildman–Crippen LogP) is 2.62. The third kappa shape index (κ3) is 4.34. The first-order valence-electron chi connectivity index (χ1n) is 8.67. The molecule has 3 unspecified atom stereocenters. The molecule has 0 saturated carbocycles. The van der Waals surface area contributed by atoms with Crippen molar-refractivity contribution in [1.82, 2.24) is 5.32 Å². The number of carbonyl (C=O) groups excluding carboxylic acids is 1. The Hall–Kier alpha value is -2.12. The molecule has 7 heteroatoms. The first-order valence-corrected chi connectivity index (χ1v) is 8.67. The quantitative estimate of drug-likeness (QED) is 0.741. The summed E-state index contributed by atoms with van der Waals surface area (Å²) >= 11 is 0. The van der Waals surface area contributed by atoms with Crippen LogP contribution < -0.4 is 5.32 Å². The lowest BCUT2D eigenvalue weighted by molar-refractivity contribution is -0.180. The zero-order chi connectivity index (χ0) is 19.5. The molecule has 0 radical (unpaired) electrons. The lowest BCUT2D eigenvalue weighted by Crippen LogP contribution is -2.48. The van der Waals surface area contributed by atoms with E-state index in [4.69, 9.17) is 9.47 Å². The average molecular weight is 365 g/mol. The smallest absolute Gasteiger partial charge is 0.407 e. The van der Waals surface area contributed by atoms with Crippen LogP contribution in [0.3, 0.4) is 0 Å². The molecule has 1 aromatic carbocycles. The molecule has 7 nitrogen and oxygen atoms in total. The minimum Gasteiger partial charge on any atom is -0.479 e. The van der Waals surface area contributed by atoms with Gasteiger partial charge in [-0.1, -0.05) is 31.2 Å². The number of aliphatic hydroxyl groups excluding tert-OH is 1. The van der Waals surface area contributed by atoms with Gasteiger partial charge in [0.2, 0.25) is 0 Å². The number of alkyl carbamates (subject to hydrolysis) is 1. The van der Waals surface area contributed by atoms with Crippen LogP contribution in [0.15, 0.2) is 24.3 Å². The van der Waals surface area contributed by atoms with E-state index in [1.165, 1.54) is 0 Å². The van der Waals surface area contributed by atoms with Gasteiger partial charge in [-0.3, -0.25) is 0 Å². The number of ether oxygens (including phenoxy) is 2. The van der Waals surface area contributed by atoms with E-state index in [2.05, 4.69) is 5.32 Å². The third-order valence-corrected chi connectivity index (χ3v) is 4.47. The number of aliphatic carboxylic acids is 1. The number of carboxylic acid groups (broad SMARTS) is 1. The van der Waals surface area contributed by atoms with E-state index in [0.717, 1.165) is 5.56 Å². The van der Waals surface area contributed by atoms with Crippen LogP contribution in [0.1, 0.15) is 51.3 Å². The minimum atomic E-state index is -1.66. The zero-order valence-corrected chi connectivity index (χ0v) is 15.6. The van der Waals surface area contributed by atoms with E-state index in [9.17, 15) is 19.8 Å². The largest absolute Gasteiger partial charge is 0.479 e. The van der Waals surface area contributed by atoms with Gasteiger partial charge in [-0.15, -0.1) is 0 Å². The minimum absolute atomic E-state index is 0.200. The number of hydrogen-bond acceptors (Lipinski definition) is 5. The molecule has 26 heavy (non-hydrogen) atoms. The summed E-state index contributed by atoms with van der Waals surface area (Å²) in [7, 11) is 0. The number of nitrogens with one attached hydrogen (secondary N) is 1. The molecule has 0 spiro atoms. The van der Waals surface area contributed by atoms with Crippen LogP contribution in [0.4, 0.5) is 4.79 Å². The van der Waals surface area contributed by atoms with E-state index in [1.807, 2.05) is 0 Å². The lowest BCUT2D eigenvalue weighted by Gasteiger charge is -2.33. The second-order valence-electron chi connectivity index (χ2n) is 7.64. The van der Waals surface area contributed by atoms with Gasteiger partial charge < -0.3 is 25.0 Å². The fraction of sp³-hybridized carbons (Fsp3) is 0.579. The molecule has 0 aromatic heterocycles. The summed E-state index contributed by atoms with van der Waals surface area (Å²) in [6.07, 6.45) is -1.28. The summed E-state index contributed by atoms with van der Waals surface area (Å²) < 4.78 is 10.7. The molecule has 1 saturated heterocycles. The molecule has 3 N–H and O–H groups in total. The van der Waals surface area contributed by atoms with Crippen molar-refractivity contribution < 1.29 is 29.3 Å². The maximum Gasteiger partial charge on any atom is 0.407 e. The molecule has 144 valence electrons. The second-order valence-corrected chi connectivity index (χ2v) is 7.64. The summed E-state index contributed by atoms with van der Waals surface area (Å²) in [4.78, 5) is 23.6. The van der Waals surface area contributed by atoms with Gasteiger partial charge >= 0.3 is 12.1 Å². The number of rotatable bonds is 5. The van der Waals surface area contributed by atoms with E-state index in [1.54, 1.807) is 52.0 Å². The molecule has 0 aliphatic carbocycles. The van der Waals surface area contributed by atoms with Gasteiger partial charge in [0.05, 0.1) is 0 Å². The summed E-state index contributed by atoms with van der Waals surface area (Å²) in [6.45, 7) is 7.58. The number of carbonyl (C=O) groups is 2. The van der Waals surface area contributed by atoms with Crippen molar-refractivity contribution in [3.8, 4) is 0 Å². The molecule has 1 heterocycles. The van der Waals surface area contributed by atoms with Crippen molar-refractivity contribution in [2.24, 2.45) is 5.92 Å². The topological polar surface area (TPSA) is 105 Å². The Balaban J connectivity index is 2.13. The molecular formula is C19H27NO6. The molecule has 1 amide bonds. The van der Waals surface area contributed by atoms with Crippen LogP contribution in [0, 0.1) is 5.92 Å². The lowest BCUT2D eigenvalue weighted by atomic mass is 9.80. The molecule has 1 fully saturated rings. The Morgan fingerprint density at radius 1 is 1.42 bits per heavy atom. The summed E-state index contributed by atoms with van der Waals surface area (Å²) in [5, 5.41) is 23.1.